The number of carbonyl (C=O) groups excluding carboxylic acids is 1. The number of halogens is 1. The van der Waals surface area contributed by atoms with Gasteiger partial charge in [-0.1, -0.05) is 48.5 Å². The lowest BCUT2D eigenvalue weighted by Crippen LogP contribution is -2.52. The summed E-state index contributed by atoms with van der Waals surface area (Å²) < 4.78 is 0. The number of rotatable bonds is 6. The summed E-state index contributed by atoms with van der Waals surface area (Å²) in [6, 6.07) is 19.9. The van der Waals surface area contributed by atoms with Gasteiger partial charge in [0.2, 0.25) is 0 Å². The van der Waals surface area contributed by atoms with Crippen molar-refractivity contribution in [2.24, 2.45) is 4.99 Å². The highest BCUT2D eigenvalue weighted by Crippen LogP contribution is 2.08. The van der Waals surface area contributed by atoms with Crippen molar-refractivity contribution in [1.29, 1.82) is 0 Å². The second-order valence-electron chi connectivity index (χ2n) is 6.84. The first-order chi connectivity index (χ1) is 13.8. The highest BCUT2D eigenvalue weighted by Gasteiger charge is 2.19. The van der Waals surface area contributed by atoms with Crippen LogP contribution in [0.4, 0.5) is 0 Å². The molecule has 7 heteroatoms. The lowest BCUT2D eigenvalue weighted by Gasteiger charge is -2.36. The Bertz CT molecular complexity index is 761. The van der Waals surface area contributed by atoms with Gasteiger partial charge in [-0.05, 0) is 17.7 Å². The maximum atomic E-state index is 12.1. The molecule has 1 aliphatic heterocycles. The molecule has 1 aliphatic rings. The van der Waals surface area contributed by atoms with Gasteiger partial charge in [-0.3, -0.25) is 14.7 Å². The molecule has 6 nitrogen and oxygen atoms in total. The quantitative estimate of drug-likeness (QED) is 0.273. The third kappa shape index (κ3) is 7.32. The van der Waals surface area contributed by atoms with Crippen molar-refractivity contribution in [3.05, 3.63) is 71.8 Å². The van der Waals surface area contributed by atoms with Crippen LogP contribution in [-0.4, -0.2) is 68.0 Å². The van der Waals surface area contributed by atoms with E-state index in [9.17, 15) is 4.79 Å². The fourth-order valence-electron chi connectivity index (χ4n) is 3.33. The fourth-order valence-corrected chi connectivity index (χ4v) is 3.33. The molecule has 1 fully saturated rings. The van der Waals surface area contributed by atoms with Crippen molar-refractivity contribution in [3.8, 4) is 0 Å². The molecule has 0 atom stereocenters. The first-order valence-corrected chi connectivity index (χ1v) is 9.81. The lowest BCUT2D eigenvalue weighted by molar-refractivity contribution is 0.0954. The predicted octanol–water partition coefficient (Wildman–Crippen LogP) is 2.43. The van der Waals surface area contributed by atoms with Gasteiger partial charge in [0.1, 0.15) is 0 Å². The van der Waals surface area contributed by atoms with E-state index in [4.69, 9.17) is 0 Å². The van der Waals surface area contributed by atoms with Crippen LogP contribution in [0, 0.1) is 0 Å². The molecule has 0 aliphatic carbocycles. The number of hydrogen-bond acceptors (Lipinski definition) is 3. The molecule has 0 unspecified atom stereocenters. The standard InChI is InChI=1S/C22H29N5O.HI/c1-23-22(25-13-12-24-21(28)20-10-6-3-7-11-20)27-16-14-26(15-17-27)18-19-8-4-2-5-9-19;/h2-11H,12-18H2,1H3,(H,23,25)(H,24,28);1H. The number of nitrogens with one attached hydrogen (secondary N) is 2. The molecule has 1 amide bonds. The van der Waals surface area contributed by atoms with Gasteiger partial charge in [0.15, 0.2) is 5.96 Å². The number of piperazine rings is 1. The van der Waals surface area contributed by atoms with Crippen LogP contribution in [-0.2, 0) is 6.54 Å². The Morgan fingerprint density at radius 1 is 0.897 bits per heavy atom. The van der Waals surface area contributed by atoms with E-state index < -0.39 is 0 Å². The molecule has 1 saturated heterocycles. The van der Waals surface area contributed by atoms with Gasteiger partial charge >= 0.3 is 0 Å². The van der Waals surface area contributed by atoms with Gasteiger partial charge in [0, 0.05) is 58.4 Å². The molecule has 156 valence electrons. The lowest BCUT2D eigenvalue weighted by atomic mass is 10.2. The summed E-state index contributed by atoms with van der Waals surface area (Å²) >= 11 is 0. The van der Waals surface area contributed by atoms with Crippen LogP contribution in [0.5, 0.6) is 0 Å². The van der Waals surface area contributed by atoms with Crippen LogP contribution < -0.4 is 10.6 Å². The first kappa shape index (κ1) is 23.2. The van der Waals surface area contributed by atoms with E-state index in [1.165, 1.54) is 5.56 Å². The molecule has 0 aromatic heterocycles. The normalized spacial score (nSPS) is 14.8. The SMILES string of the molecule is CN=C(NCCNC(=O)c1ccccc1)N1CCN(Cc2ccccc2)CC1.I. The third-order valence-electron chi connectivity index (χ3n) is 4.86. The summed E-state index contributed by atoms with van der Waals surface area (Å²) in [5, 5.41) is 6.29. The summed E-state index contributed by atoms with van der Waals surface area (Å²) in [5.74, 6) is 0.847. The zero-order valence-electron chi connectivity index (χ0n) is 16.9. The zero-order chi connectivity index (χ0) is 19.6. The largest absolute Gasteiger partial charge is 0.354 e. The molecule has 0 radical (unpaired) electrons. The minimum atomic E-state index is -0.0492. The smallest absolute Gasteiger partial charge is 0.251 e. The highest BCUT2D eigenvalue weighted by molar-refractivity contribution is 14.0. The summed E-state index contributed by atoms with van der Waals surface area (Å²) in [6.45, 7) is 6.12. The Balaban J connectivity index is 0.00000300. The molecular weight excluding hydrogens is 477 g/mol. The maximum absolute atomic E-state index is 12.1. The first-order valence-electron chi connectivity index (χ1n) is 9.81. The molecule has 0 saturated carbocycles. The van der Waals surface area contributed by atoms with Crippen molar-refractivity contribution in [2.45, 2.75) is 6.54 Å². The van der Waals surface area contributed by atoms with E-state index in [1.54, 1.807) is 7.05 Å². The van der Waals surface area contributed by atoms with Crippen LogP contribution in [0.25, 0.3) is 0 Å². The third-order valence-corrected chi connectivity index (χ3v) is 4.86. The number of hydrogen-bond donors (Lipinski definition) is 2. The average Bonchev–Trinajstić information content (AvgIpc) is 2.76. The molecule has 3 rings (SSSR count). The number of aliphatic imine (C=N–C) groups is 1. The van der Waals surface area contributed by atoms with E-state index in [0.29, 0.717) is 18.7 Å². The van der Waals surface area contributed by atoms with E-state index in [-0.39, 0.29) is 29.9 Å². The Hall–Kier alpha value is -2.13. The van der Waals surface area contributed by atoms with Crippen LogP contribution >= 0.6 is 24.0 Å². The summed E-state index contributed by atoms with van der Waals surface area (Å²) in [7, 11) is 1.81. The van der Waals surface area contributed by atoms with Crippen molar-refractivity contribution in [3.63, 3.8) is 0 Å². The number of carbonyl (C=O) groups is 1. The molecule has 2 aromatic rings. The van der Waals surface area contributed by atoms with Crippen molar-refractivity contribution >= 4 is 35.8 Å². The number of amides is 1. The van der Waals surface area contributed by atoms with Gasteiger partial charge in [-0.2, -0.15) is 0 Å². The Morgan fingerprint density at radius 3 is 2.10 bits per heavy atom. The Labute approximate surface area is 190 Å². The van der Waals surface area contributed by atoms with E-state index in [0.717, 1.165) is 38.7 Å². The van der Waals surface area contributed by atoms with E-state index in [1.807, 2.05) is 30.3 Å². The summed E-state index contributed by atoms with van der Waals surface area (Å²) in [5.41, 5.74) is 2.04. The van der Waals surface area contributed by atoms with Gasteiger partial charge < -0.3 is 15.5 Å². The fraction of sp³-hybridized carbons (Fsp3) is 0.364. The molecule has 1 heterocycles. The summed E-state index contributed by atoms with van der Waals surface area (Å²) in [6.07, 6.45) is 0. The second-order valence-corrected chi connectivity index (χ2v) is 6.84. The van der Waals surface area contributed by atoms with Crippen LogP contribution in [0.2, 0.25) is 0 Å². The van der Waals surface area contributed by atoms with E-state index >= 15 is 0 Å². The van der Waals surface area contributed by atoms with Gasteiger partial charge in [-0.15, -0.1) is 24.0 Å². The molecular formula is C22H30IN5O. The van der Waals surface area contributed by atoms with Crippen LogP contribution in [0.1, 0.15) is 15.9 Å². The average molecular weight is 507 g/mol. The van der Waals surface area contributed by atoms with Crippen molar-refractivity contribution < 1.29 is 4.79 Å². The van der Waals surface area contributed by atoms with Crippen molar-refractivity contribution in [1.82, 2.24) is 20.4 Å². The molecule has 0 spiro atoms. The number of benzene rings is 2. The second kappa shape index (κ2) is 12.4. The molecule has 29 heavy (non-hydrogen) atoms. The Morgan fingerprint density at radius 2 is 1.48 bits per heavy atom. The maximum Gasteiger partial charge on any atom is 0.251 e. The van der Waals surface area contributed by atoms with Gasteiger partial charge in [0.25, 0.3) is 5.91 Å². The minimum Gasteiger partial charge on any atom is -0.354 e. The van der Waals surface area contributed by atoms with Crippen LogP contribution in [0.3, 0.4) is 0 Å². The number of guanidine groups is 1. The molecule has 2 aromatic carbocycles. The van der Waals surface area contributed by atoms with Gasteiger partial charge in [-0.25, -0.2) is 0 Å². The Kier molecular flexibility index (Phi) is 9.93. The zero-order valence-corrected chi connectivity index (χ0v) is 19.2. The predicted molar refractivity (Wildman–Crippen MR) is 129 cm³/mol. The van der Waals surface area contributed by atoms with E-state index in [2.05, 4.69) is 55.8 Å². The van der Waals surface area contributed by atoms with Crippen molar-refractivity contribution in [2.75, 3.05) is 46.3 Å². The topological polar surface area (TPSA) is 60.0 Å². The molecule has 0 bridgehead atoms. The summed E-state index contributed by atoms with van der Waals surface area (Å²) in [4.78, 5) is 21.2. The molecule has 2 N–H and O–H groups in total. The number of nitrogens with zero attached hydrogens (tertiary/aromatic N) is 3. The van der Waals surface area contributed by atoms with Crippen LogP contribution in [0.15, 0.2) is 65.7 Å². The van der Waals surface area contributed by atoms with Gasteiger partial charge in [0.05, 0.1) is 0 Å². The monoisotopic (exact) mass is 507 g/mol. The highest BCUT2D eigenvalue weighted by atomic mass is 127. The minimum absolute atomic E-state index is 0.